The maximum Gasteiger partial charge on any atom is 0.243 e. The van der Waals surface area contributed by atoms with Gasteiger partial charge in [0.2, 0.25) is 15.9 Å². The van der Waals surface area contributed by atoms with Gasteiger partial charge in [0.05, 0.1) is 4.90 Å². The minimum absolute atomic E-state index is 0.145. The highest BCUT2D eigenvalue weighted by Gasteiger charge is 2.26. The highest BCUT2D eigenvalue weighted by molar-refractivity contribution is 7.89. The molecule has 0 bridgehead atoms. The summed E-state index contributed by atoms with van der Waals surface area (Å²) in [5.41, 5.74) is 0.958. The quantitative estimate of drug-likeness (QED) is 0.729. The van der Waals surface area contributed by atoms with Crippen molar-refractivity contribution in [2.45, 2.75) is 51.0 Å². The summed E-state index contributed by atoms with van der Waals surface area (Å²) < 4.78 is 29.3. The van der Waals surface area contributed by atoms with Gasteiger partial charge >= 0.3 is 0 Å². The van der Waals surface area contributed by atoms with Crippen LogP contribution >= 0.6 is 0 Å². The van der Waals surface area contributed by atoms with Crippen LogP contribution in [0, 0.1) is 0 Å². The molecule has 3 rings (SSSR count). The Hall–Kier alpha value is -1.86. The molecule has 0 aliphatic carbocycles. The first-order valence-corrected chi connectivity index (χ1v) is 11.3. The second kappa shape index (κ2) is 8.44. The van der Waals surface area contributed by atoms with Gasteiger partial charge in [-0.3, -0.25) is 4.79 Å². The molecule has 148 valence electrons. The van der Waals surface area contributed by atoms with Crippen molar-refractivity contribution >= 4 is 26.8 Å². The lowest BCUT2D eigenvalue weighted by Crippen LogP contribution is -2.35. The Morgan fingerprint density at radius 1 is 1.07 bits per heavy atom. The number of benzene rings is 1. The van der Waals surface area contributed by atoms with E-state index in [0.29, 0.717) is 31.0 Å². The number of fused-ring (bicyclic) bond motifs is 1. The number of rotatable bonds is 7. The van der Waals surface area contributed by atoms with Crippen molar-refractivity contribution in [2.75, 3.05) is 26.2 Å². The first kappa shape index (κ1) is 19.9. The highest BCUT2D eigenvalue weighted by atomic mass is 32.2. The van der Waals surface area contributed by atoms with Gasteiger partial charge in [-0.25, -0.2) is 8.42 Å². The van der Waals surface area contributed by atoms with Crippen LogP contribution in [0.3, 0.4) is 0 Å². The molecule has 7 heteroatoms. The van der Waals surface area contributed by atoms with Crippen molar-refractivity contribution in [3.05, 3.63) is 30.5 Å². The van der Waals surface area contributed by atoms with Gasteiger partial charge in [-0.2, -0.15) is 4.31 Å². The molecule has 1 aromatic heterocycles. The van der Waals surface area contributed by atoms with E-state index in [2.05, 4.69) is 0 Å². The van der Waals surface area contributed by atoms with E-state index in [9.17, 15) is 13.2 Å². The van der Waals surface area contributed by atoms with Gasteiger partial charge in [-0.05, 0) is 51.0 Å². The lowest BCUT2D eigenvalue weighted by atomic mass is 10.2. The Labute approximate surface area is 161 Å². The van der Waals surface area contributed by atoms with Gasteiger partial charge < -0.3 is 9.47 Å². The molecule has 2 heterocycles. The molecule has 1 fully saturated rings. The molecule has 0 atom stereocenters. The second-order valence-corrected chi connectivity index (χ2v) is 8.95. The van der Waals surface area contributed by atoms with Crippen LogP contribution in [0.2, 0.25) is 0 Å². The molecule has 0 saturated carbocycles. The maximum atomic E-state index is 12.9. The minimum Gasteiger partial charge on any atom is -0.347 e. The third-order valence-electron chi connectivity index (χ3n) is 5.38. The number of aryl methyl sites for hydroxylation is 1. The van der Waals surface area contributed by atoms with Crippen LogP contribution in [0.25, 0.3) is 10.9 Å². The Balaban J connectivity index is 1.77. The highest BCUT2D eigenvalue weighted by Crippen LogP contribution is 2.25. The zero-order valence-corrected chi connectivity index (χ0v) is 17.0. The SMILES string of the molecule is CCN(CC)C(=O)CCn1ccc2cc(S(=O)(=O)N3CCCCC3)ccc21. The number of carbonyl (C=O) groups is 1. The summed E-state index contributed by atoms with van der Waals surface area (Å²) in [6.45, 7) is 7.22. The summed E-state index contributed by atoms with van der Waals surface area (Å²) in [5, 5.41) is 0.892. The first-order valence-electron chi connectivity index (χ1n) is 9.84. The largest absolute Gasteiger partial charge is 0.347 e. The molecule has 1 aliphatic rings. The molecule has 1 aliphatic heterocycles. The van der Waals surface area contributed by atoms with E-state index in [-0.39, 0.29) is 5.91 Å². The van der Waals surface area contributed by atoms with Gasteiger partial charge in [0.25, 0.3) is 0 Å². The number of hydrogen-bond acceptors (Lipinski definition) is 3. The van der Waals surface area contributed by atoms with Crippen molar-refractivity contribution < 1.29 is 13.2 Å². The Kier molecular flexibility index (Phi) is 6.22. The molecule has 0 spiro atoms. The molecule has 1 aromatic carbocycles. The van der Waals surface area contributed by atoms with E-state index in [1.807, 2.05) is 41.6 Å². The van der Waals surface area contributed by atoms with Crippen LogP contribution in [0.4, 0.5) is 0 Å². The van der Waals surface area contributed by atoms with Crippen LogP contribution in [0.15, 0.2) is 35.4 Å². The molecule has 2 aromatic rings. The maximum absolute atomic E-state index is 12.9. The van der Waals surface area contributed by atoms with E-state index in [0.717, 1.165) is 43.3 Å². The van der Waals surface area contributed by atoms with E-state index in [1.165, 1.54) is 0 Å². The van der Waals surface area contributed by atoms with Crippen molar-refractivity contribution in [1.82, 2.24) is 13.8 Å². The zero-order chi connectivity index (χ0) is 19.4. The number of sulfonamides is 1. The van der Waals surface area contributed by atoms with Crippen LogP contribution in [0.5, 0.6) is 0 Å². The van der Waals surface area contributed by atoms with E-state index < -0.39 is 10.0 Å². The molecule has 6 nitrogen and oxygen atoms in total. The molecular weight excluding hydrogens is 362 g/mol. The fourth-order valence-corrected chi connectivity index (χ4v) is 5.29. The van der Waals surface area contributed by atoms with Crippen molar-refractivity contribution in [2.24, 2.45) is 0 Å². The topological polar surface area (TPSA) is 62.6 Å². The number of aromatic nitrogens is 1. The summed E-state index contributed by atoms with van der Waals surface area (Å²) >= 11 is 0. The predicted octanol–water partition coefficient (Wildman–Crippen LogP) is 3.07. The average Bonchev–Trinajstić information content (AvgIpc) is 3.10. The third-order valence-corrected chi connectivity index (χ3v) is 7.27. The summed E-state index contributed by atoms with van der Waals surface area (Å²) in [5.74, 6) is 0.145. The number of carbonyl (C=O) groups excluding carboxylic acids is 1. The normalized spacial score (nSPS) is 15.9. The van der Waals surface area contributed by atoms with Crippen molar-refractivity contribution in [3.8, 4) is 0 Å². The zero-order valence-electron chi connectivity index (χ0n) is 16.2. The van der Waals surface area contributed by atoms with Crippen molar-refractivity contribution in [3.63, 3.8) is 0 Å². The Morgan fingerprint density at radius 3 is 2.44 bits per heavy atom. The van der Waals surface area contributed by atoms with Crippen LogP contribution in [-0.4, -0.2) is 54.3 Å². The van der Waals surface area contributed by atoms with E-state index >= 15 is 0 Å². The number of hydrogen-bond donors (Lipinski definition) is 0. The van der Waals surface area contributed by atoms with Gasteiger partial charge in [-0.1, -0.05) is 6.42 Å². The molecule has 27 heavy (non-hydrogen) atoms. The van der Waals surface area contributed by atoms with Gasteiger partial charge in [-0.15, -0.1) is 0 Å². The standard InChI is InChI=1S/C20H29N3O3S/c1-3-21(4-2)20(24)11-15-22-14-10-17-16-18(8-9-19(17)22)27(25,26)23-12-6-5-7-13-23/h8-10,14,16H,3-7,11-13,15H2,1-2H3. The van der Waals surface area contributed by atoms with E-state index in [1.54, 1.807) is 16.4 Å². The number of nitrogens with zero attached hydrogens (tertiary/aromatic N) is 3. The summed E-state index contributed by atoms with van der Waals surface area (Å²) in [4.78, 5) is 14.4. The van der Waals surface area contributed by atoms with Gasteiger partial charge in [0, 0.05) is 56.2 Å². The monoisotopic (exact) mass is 391 g/mol. The second-order valence-electron chi connectivity index (χ2n) is 7.01. The fourth-order valence-electron chi connectivity index (χ4n) is 3.74. The summed E-state index contributed by atoms with van der Waals surface area (Å²) in [7, 11) is -3.42. The van der Waals surface area contributed by atoms with Crippen LogP contribution < -0.4 is 0 Å². The molecular formula is C20H29N3O3S. The molecule has 0 unspecified atom stereocenters. The first-order chi connectivity index (χ1) is 13.0. The number of piperidine rings is 1. The summed E-state index contributed by atoms with van der Waals surface area (Å²) in [6.07, 6.45) is 5.33. The predicted molar refractivity (Wildman–Crippen MR) is 107 cm³/mol. The molecule has 1 saturated heterocycles. The fraction of sp³-hybridized carbons (Fsp3) is 0.550. The molecule has 0 radical (unpaired) electrons. The molecule has 0 N–H and O–H groups in total. The van der Waals surface area contributed by atoms with Gasteiger partial charge in [0.1, 0.15) is 0 Å². The minimum atomic E-state index is -3.42. The lowest BCUT2D eigenvalue weighted by Gasteiger charge is -2.25. The third kappa shape index (κ3) is 4.19. The Morgan fingerprint density at radius 2 is 1.78 bits per heavy atom. The Bertz CT molecular complexity index is 894. The lowest BCUT2D eigenvalue weighted by molar-refractivity contribution is -0.131. The summed E-state index contributed by atoms with van der Waals surface area (Å²) in [6, 6.07) is 7.22. The molecule has 1 amide bonds. The van der Waals surface area contributed by atoms with Crippen molar-refractivity contribution in [1.29, 1.82) is 0 Å². The number of amides is 1. The van der Waals surface area contributed by atoms with Crippen LogP contribution in [0.1, 0.15) is 39.5 Å². The van der Waals surface area contributed by atoms with Crippen LogP contribution in [-0.2, 0) is 21.4 Å². The van der Waals surface area contributed by atoms with E-state index in [4.69, 9.17) is 0 Å². The smallest absolute Gasteiger partial charge is 0.243 e. The average molecular weight is 392 g/mol. The van der Waals surface area contributed by atoms with Gasteiger partial charge in [0.15, 0.2) is 0 Å².